The van der Waals surface area contributed by atoms with Gasteiger partial charge in [-0.15, -0.1) is 0 Å². The molecule has 20 heavy (non-hydrogen) atoms. The van der Waals surface area contributed by atoms with Crippen LogP contribution in [0.1, 0.15) is 22.7 Å². The average Bonchev–Trinajstić information content (AvgIpc) is 2.43. The van der Waals surface area contributed by atoms with Gasteiger partial charge in [0.25, 0.3) is 0 Å². The summed E-state index contributed by atoms with van der Waals surface area (Å²) < 4.78 is 18.4. The minimum Gasteiger partial charge on any atom is -0.495 e. The zero-order valence-corrected chi connectivity index (χ0v) is 12.0. The summed E-state index contributed by atoms with van der Waals surface area (Å²) in [6.07, 6.45) is 0. The van der Waals surface area contributed by atoms with E-state index in [4.69, 9.17) is 22.2 Å². The highest BCUT2D eigenvalue weighted by Crippen LogP contribution is 2.31. The predicted octanol–water partition coefficient (Wildman–Crippen LogP) is 3.35. The van der Waals surface area contributed by atoms with Gasteiger partial charge in [0.2, 0.25) is 0 Å². The lowest BCUT2D eigenvalue weighted by molar-refractivity contribution is 0.414. The van der Waals surface area contributed by atoms with Crippen molar-refractivity contribution in [3.8, 4) is 5.75 Å². The molecule has 1 unspecified atom stereocenters. The predicted molar refractivity (Wildman–Crippen MR) is 78.3 cm³/mol. The highest BCUT2D eigenvalue weighted by atomic mass is 35.5. The van der Waals surface area contributed by atoms with Gasteiger partial charge in [0, 0.05) is 0 Å². The Morgan fingerprint density at radius 3 is 2.60 bits per heavy atom. The van der Waals surface area contributed by atoms with E-state index in [1.165, 1.54) is 12.1 Å². The molecule has 0 saturated carbocycles. The lowest BCUT2D eigenvalue weighted by atomic mass is 9.95. The van der Waals surface area contributed by atoms with Crippen molar-refractivity contribution in [1.29, 1.82) is 0 Å². The van der Waals surface area contributed by atoms with E-state index < -0.39 is 0 Å². The number of hydrogen-bond donors (Lipinski definition) is 2. The highest BCUT2D eigenvalue weighted by Gasteiger charge is 2.16. The Labute approximate surface area is 122 Å². The molecule has 0 bridgehead atoms. The van der Waals surface area contributed by atoms with E-state index in [-0.39, 0.29) is 11.9 Å². The number of halogens is 2. The first-order chi connectivity index (χ1) is 9.56. The van der Waals surface area contributed by atoms with Crippen molar-refractivity contribution < 1.29 is 9.13 Å². The van der Waals surface area contributed by atoms with Crippen LogP contribution in [0.4, 0.5) is 4.39 Å². The number of nitrogens with one attached hydrogen (secondary N) is 1. The molecule has 2 aromatic rings. The molecule has 0 aliphatic rings. The van der Waals surface area contributed by atoms with E-state index in [1.807, 2.05) is 19.1 Å². The molecule has 0 radical (unpaired) electrons. The molecule has 0 amide bonds. The maximum absolute atomic E-state index is 13.2. The van der Waals surface area contributed by atoms with Crippen LogP contribution in [0.25, 0.3) is 0 Å². The molecular formula is C15H16ClFN2O. The SMILES string of the molecule is COc1cc(C(NN)c2ccc(F)cc2C)ccc1Cl. The molecule has 3 nitrogen and oxygen atoms in total. The Bertz CT molecular complexity index is 619. The molecule has 3 N–H and O–H groups in total. The Hall–Kier alpha value is -1.62. The van der Waals surface area contributed by atoms with Crippen LogP contribution in [-0.4, -0.2) is 7.11 Å². The number of hydrazine groups is 1. The number of nitrogens with two attached hydrogens (primary N) is 1. The van der Waals surface area contributed by atoms with Crippen LogP contribution in [0.15, 0.2) is 36.4 Å². The molecule has 1 atom stereocenters. The van der Waals surface area contributed by atoms with Gasteiger partial charge in [-0.25, -0.2) is 9.82 Å². The zero-order chi connectivity index (χ0) is 14.7. The molecule has 0 fully saturated rings. The average molecular weight is 295 g/mol. The van der Waals surface area contributed by atoms with Crippen molar-refractivity contribution in [2.75, 3.05) is 7.11 Å². The molecule has 0 heterocycles. The molecule has 0 aliphatic carbocycles. The quantitative estimate of drug-likeness (QED) is 0.671. The molecule has 0 aromatic heterocycles. The number of benzene rings is 2. The molecule has 2 aromatic carbocycles. The van der Waals surface area contributed by atoms with E-state index in [0.717, 1.165) is 16.7 Å². The topological polar surface area (TPSA) is 47.3 Å². The minimum atomic E-state index is -0.268. The van der Waals surface area contributed by atoms with Crippen LogP contribution in [-0.2, 0) is 0 Å². The lowest BCUT2D eigenvalue weighted by Crippen LogP contribution is -2.29. The Kier molecular flexibility index (Phi) is 4.60. The fourth-order valence-electron chi connectivity index (χ4n) is 2.18. The van der Waals surface area contributed by atoms with Crippen molar-refractivity contribution >= 4 is 11.6 Å². The van der Waals surface area contributed by atoms with Crippen LogP contribution in [0.5, 0.6) is 5.75 Å². The summed E-state index contributed by atoms with van der Waals surface area (Å²) in [5.41, 5.74) is 5.36. The fourth-order valence-corrected chi connectivity index (χ4v) is 2.38. The lowest BCUT2D eigenvalue weighted by Gasteiger charge is -2.20. The second kappa shape index (κ2) is 6.22. The van der Waals surface area contributed by atoms with Gasteiger partial charge < -0.3 is 4.74 Å². The Morgan fingerprint density at radius 2 is 2.00 bits per heavy atom. The third-order valence-electron chi connectivity index (χ3n) is 3.22. The van der Waals surface area contributed by atoms with Crippen LogP contribution in [0, 0.1) is 12.7 Å². The van der Waals surface area contributed by atoms with Crippen LogP contribution >= 0.6 is 11.6 Å². The largest absolute Gasteiger partial charge is 0.495 e. The summed E-state index contributed by atoms with van der Waals surface area (Å²) in [7, 11) is 1.55. The summed E-state index contributed by atoms with van der Waals surface area (Å²) in [5, 5.41) is 0.530. The van der Waals surface area contributed by atoms with Crippen LogP contribution in [0.2, 0.25) is 5.02 Å². The minimum absolute atomic E-state index is 0.262. The second-order valence-electron chi connectivity index (χ2n) is 4.49. The van der Waals surface area contributed by atoms with E-state index in [9.17, 15) is 4.39 Å². The Morgan fingerprint density at radius 1 is 1.25 bits per heavy atom. The fraction of sp³-hybridized carbons (Fsp3) is 0.200. The standard InChI is InChI=1S/C15H16ClFN2O/c1-9-7-11(17)4-5-12(9)15(19-18)10-3-6-13(16)14(8-10)20-2/h3-8,15,19H,18H2,1-2H3. The highest BCUT2D eigenvalue weighted by molar-refractivity contribution is 6.32. The van der Waals surface area contributed by atoms with Gasteiger partial charge in [0.15, 0.2) is 0 Å². The van der Waals surface area contributed by atoms with Crippen molar-refractivity contribution in [3.05, 3.63) is 63.9 Å². The van der Waals surface area contributed by atoms with Crippen LogP contribution in [0.3, 0.4) is 0 Å². The van der Waals surface area contributed by atoms with Crippen molar-refractivity contribution in [1.82, 2.24) is 5.43 Å². The summed E-state index contributed by atoms with van der Waals surface area (Å²) in [6.45, 7) is 1.84. The van der Waals surface area contributed by atoms with Gasteiger partial charge in [0.1, 0.15) is 11.6 Å². The van der Waals surface area contributed by atoms with Gasteiger partial charge in [-0.1, -0.05) is 23.7 Å². The van der Waals surface area contributed by atoms with E-state index in [2.05, 4.69) is 5.43 Å². The summed E-state index contributed by atoms with van der Waals surface area (Å²) in [6, 6.07) is 9.78. The van der Waals surface area contributed by atoms with Crippen molar-refractivity contribution in [2.24, 2.45) is 5.84 Å². The summed E-state index contributed by atoms with van der Waals surface area (Å²) in [5.74, 6) is 5.96. The van der Waals surface area contributed by atoms with Gasteiger partial charge in [0.05, 0.1) is 18.2 Å². The van der Waals surface area contributed by atoms with Gasteiger partial charge in [-0.3, -0.25) is 5.84 Å². The maximum atomic E-state index is 13.2. The first-order valence-corrected chi connectivity index (χ1v) is 6.50. The molecule has 0 saturated heterocycles. The summed E-state index contributed by atoms with van der Waals surface area (Å²) >= 11 is 6.02. The van der Waals surface area contributed by atoms with Crippen molar-refractivity contribution in [3.63, 3.8) is 0 Å². The number of ether oxygens (including phenoxy) is 1. The third-order valence-corrected chi connectivity index (χ3v) is 3.53. The van der Waals surface area contributed by atoms with E-state index in [0.29, 0.717) is 10.8 Å². The van der Waals surface area contributed by atoms with Crippen LogP contribution < -0.4 is 16.0 Å². The first kappa shape index (κ1) is 14.8. The second-order valence-corrected chi connectivity index (χ2v) is 4.90. The Balaban J connectivity index is 2.46. The monoisotopic (exact) mass is 294 g/mol. The third kappa shape index (κ3) is 2.93. The van der Waals surface area contributed by atoms with Crippen molar-refractivity contribution in [2.45, 2.75) is 13.0 Å². The molecule has 2 rings (SSSR count). The van der Waals surface area contributed by atoms with Gasteiger partial charge >= 0.3 is 0 Å². The maximum Gasteiger partial charge on any atom is 0.137 e. The number of hydrogen-bond acceptors (Lipinski definition) is 3. The molecule has 5 heteroatoms. The number of aryl methyl sites for hydroxylation is 1. The molecule has 0 aliphatic heterocycles. The first-order valence-electron chi connectivity index (χ1n) is 6.12. The summed E-state index contributed by atoms with van der Waals surface area (Å²) in [4.78, 5) is 0. The zero-order valence-electron chi connectivity index (χ0n) is 11.3. The molecule has 0 spiro atoms. The smallest absolute Gasteiger partial charge is 0.137 e. The number of methoxy groups -OCH3 is 1. The number of rotatable bonds is 4. The van der Waals surface area contributed by atoms with Gasteiger partial charge in [-0.2, -0.15) is 0 Å². The molecular weight excluding hydrogens is 279 g/mol. The van der Waals surface area contributed by atoms with E-state index >= 15 is 0 Å². The normalized spacial score (nSPS) is 12.2. The molecule has 106 valence electrons. The van der Waals surface area contributed by atoms with Gasteiger partial charge in [-0.05, 0) is 47.9 Å². The van der Waals surface area contributed by atoms with E-state index in [1.54, 1.807) is 19.2 Å².